The third-order valence-electron chi connectivity index (χ3n) is 1.48. The lowest BCUT2D eigenvalue weighted by atomic mass is 10.4. The van der Waals surface area contributed by atoms with Gasteiger partial charge in [-0.15, -0.1) is 0 Å². The Kier molecular flexibility index (Phi) is 3.87. The largest absolute Gasteiger partial charge is 0.504 e. The van der Waals surface area contributed by atoms with E-state index in [0.717, 1.165) is 0 Å². The molecule has 15 heavy (non-hydrogen) atoms. The molecule has 0 aliphatic rings. The highest BCUT2D eigenvalue weighted by atomic mass is 79.9. The van der Waals surface area contributed by atoms with Gasteiger partial charge in [-0.1, -0.05) is 0 Å². The van der Waals surface area contributed by atoms with Crippen LogP contribution in [0.2, 0.25) is 0 Å². The topological polar surface area (TPSA) is 63.6 Å². The number of ether oxygens (including phenoxy) is 1. The third kappa shape index (κ3) is 2.79. The fraction of sp³-hybridized carbons (Fsp3) is 0.111. The van der Waals surface area contributed by atoms with Crippen LogP contribution in [-0.2, 0) is 4.79 Å². The van der Waals surface area contributed by atoms with Gasteiger partial charge in [-0.25, -0.2) is 0 Å². The highest BCUT2D eigenvalue weighted by Crippen LogP contribution is 2.31. The van der Waals surface area contributed by atoms with Gasteiger partial charge in [0.05, 0.1) is 4.47 Å². The second-order valence-electron chi connectivity index (χ2n) is 2.63. The molecule has 80 valence electrons. The Morgan fingerprint density at radius 2 is 2.00 bits per heavy atom. The summed E-state index contributed by atoms with van der Waals surface area (Å²) in [5, 5.41) is 9.24. The van der Waals surface area contributed by atoms with Crippen LogP contribution in [0.1, 0.15) is 6.92 Å². The second-order valence-corrected chi connectivity index (χ2v) is 4.28. The first kappa shape index (κ1) is 12.2. The molecule has 0 fully saturated rings. The van der Waals surface area contributed by atoms with Gasteiger partial charge in [0.15, 0.2) is 11.5 Å². The van der Waals surface area contributed by atoms with E-state index in [1.54, 1.807) is 0 Å². The van der Waals surface area contributed by atoms with Gasteiger partial charge in [-0.3, -0.25) is 9.59 Å². The predicted molar refractivity (Wildman–Crippen MR) is 61.1 cm³/mol. The van der Waals surface area contributed by atoms with Gasteiger partial charge in [0, 0.05) is 6.92 Å². The molecule has 4 nitrogen and oxygen atoms in total. The number of aromatic hydroxyl groups is 1. The molecule has 0 atom stereocenters. The zero-order valence-corrected chi connectivity index (χ0v) is 10.8. The molecule has 0 amide bonds. The Balaban J connectivity index is 3.52. The minimum atomic E-state index is -0.642. The normalized spacial score (nSPS) is 9.80. The van der Waals surface area contributed by atoms with E-state index in [4.69, 9.17) is 4.74 Å². The lowest BCUT2D eigenvalue weighted by Gasteiger charge is -2.01. The molecule has 0 unspecified atom stereocenters. The molecule has 0 aromatic heterocycles. The van der Waals surface area contributed by atoms with Gasteiger partial charge in [-0.05, 0) is 44.0 Å². The molecular weight excluding hydrogens is 332 g/mol. The van der Waals surface area contributed by atoms with E-state index in [1.807, 2.05) is 0 Å². The number of carbonyl (C=O) groups excluding carboxylic acids is 1. The minimum Gasteiger partial charge on any atom is -0.504 e. The quantitative estimate of drug-likeness (QED) is 0.798. The van der Waals surface area contributed by atoms with E-state index in [1.165, 1.54) is 19.1 Å². The maximum absolute atomic E-state index is 11.4. The zero-order valence-electron chi connectivity index (χ0n) is 7.58. The summed E-state index contributed by atoms with van der Waals surface area (Å²) in [5.74, 6) is -0.935. The number of hydrogen-bond donors (Lipinski definition) is 1. The van der Waals surface area contributed by atoms with Crippen molar-refractivity contribution in [2.75, 3.05) is 0 Å². The lowest BCUT2D eigenvalue weighted by Crippen LogP contribution is -2.05. The molecule has 1 rings (SSSR count). The van der Waals surface area contributed by atoms with E-state index in [0.29, 0.717) is 4.47 Å². The SMILES string of the molecule is CC(=O)Oc1c(Br)ccc(O)c(=O)c1Br. The number of carbonyl (C=O) groups is 1. The summed E-state index contributed by atoms with van der Waals surface area (Å²) in [6, 6.07) is 2.63. The van der Waals surface area contributed by atoms with Crippen molar-refractivity contribution in [3.05, 3.63) is 31.3 Å². The number of hydrogen-bond acceptors (Lipinski definition) is 4. The maximum atomic E-state index is 11.4. The van der Waals surface area contributed by atoms with E-state index in [-0.39, 0.29) is 10.2 Å². The summed E-state index contributed by atoms with van der Waals surface area (Å²) in [4.78, 5) is 22.2. The fourth-order valence-electron chi connectivity index (χ4n) is 0.861. The standard InChI is InChI=1S/C9H6Br2O4/c1-4(12)15-9-5(10)2-3-6(13)8(14)7(9)11/h2-3H,1H3,(H,13,14). The molecule has 0 radical (unpaired) electrons. The Labute approximate surface area is 102 Å². The fourth-order valence-corrected chi connectivity index (χ4v) is 2.04. The van der Waals surface area contributed by atoms with Crippen LogP contribution in [0.5, 0.6) is 11.5 Å². The van der Waals surface area contributed by atoms with E-state index in [2.05, 4.69) is 31.9 Å². The van der Waals surface area contributed by atoms with E-state index >= 15 is 0 Å². The summed E-state index contributed by atoms with van der Waals surface area (Å²) in [7, 11) is 0. The van der Waals surface area contributed by atoms with Crippen molar-refractivity contribution in [2.24, 2.45) is 0 Å². The number of halogens is 2. The van der Waals surface area contributed by atoms with Crippen LogP contribution in [0.4, 0.5) is 0 Å². The smallest absolute Gasteiger partial charge is 0.308 e. The van der Waals surface area contributed by atoms with Gasteiger partial charge in [0.1, 0.15) is 4.47 Å². The summed E-state index contributed by atoms with van der Waals surface area (Å²) >= 11 is 6.08. The Morgan fingerprint density at radius 1 is 1.40 bits per heavy atom. The first-order chi connectivity index (χ1) is 6.93. The van der Waals surface area contributed by atoms with Crippen LogP contribution in [-0.4, -0.2) is 11.1 Å². The van der Waals surface area contributed by atoms with Gasteiger partial charge in [0.25, 0.3) is 0 Å². The van der Waals surface area contributed by atoms with Gasteiger partial charge in [-0.2, -0.15) is 0 Å². The van der Waals surface area contributed by atoms with Crippen molar-refractivity contribution in [2.45, 2.75) is 6.92 Å². The minimum absolute atomic E-state index is 0.00734. The molecule has 0 aliphatic heterocycles. The highest BCUT2D eigenvalue weighted by molar-refractivity contribution is 9.11. The summed E-state index contributed by atoms with van der Waals surface area (Å²) in [6.45, 7) is 1.22. The Hall–Kier alpha value is -0.880. The van der Waals surface area contributed by atoms with Crippen LogP contribution >= 0.6 is 31.9 Å². The third-order valence-corrected chi connectivity index (χ3v) is 2.83. The molecule has 0 aliphatic carbocycles. The van der Waals surface area contributed by atoms with Crippen LogP contribution in [0, 0.1) is 0 Å². The molecule has 1 aromatic rings. The first-order valence-electron chi connectivity index (χ1n) is 3.83. The van der Waals surface area contributed by atoms with Crippen molar-refractivity contribution in [3.63, 3.8) is 0 Å². The van der Waals surface area contributed by atoms with Crippen LogP contribution in [0.15, 0.2) is 25.9 Å². The summed E-state index contributed by atoms with van der Waals surface area (Å²) < 4.78 is 5.21. The summed E-state index contributed by atoms with van der Waals surface area (Å²) in [6.07, 6.45) is 0. The zero-order chi connectivity index (χ0) is 11.6. The molecule has 0 spiro atoms. The predicted octanol–water partition coefficient (Wildman–Crippen LogP) is 2.20. The first-order valence-corrected chi connectivity index (χ1v) is 5.41. The van der Waals surface area contributed by atoms with Crippen LogP contribution in [0.3, 0.4) is 0 Å². The molecule has 0 saturated heterocycles. The van der Waals surface area contributed by atoms with Crippen molar-refractivity contribution in [3.8, 4) is 11.5 Å². The molecule has 1 aromatic carbocycles. The van der Waals surface area contributed by atoms with Crippen molar-refractivity contribution in [1.29, 1.82) is 0 Å². The average Bonchev–Trinajstić information content (AvgIpc) is 2.25. The highest BCUT2D eigenvalue weighted by Gasteiger charge is 2.12. The second kappa shape index (κ2) is 4.76. The summed E-state index contributed by atoms with van der Waals surface area (Å²) in [5.41, 5.74) is -0.642. The van der Waals surface area contributed by atoms with Gasteiger partial charge in [0.2, 0.25) is 5.43 Å². The lowest BCUT2D eigenvalue weighted by molar-refractivity contribution is -0.131. The van der Waals surface area contributed by atoms with Gasteiger partial charge < -0.3 is 9.84 Å². The molecule has 0 saturated carbocycles. The van der Waals surface area contributed by atoms with Crippen molar-refractivity contribution in [1.82, 2.24) is 0 Å². The van der Waals surface area contributed by atoms with Crippen LogP contribution < -0.4 is 10.2 Å². The van der Waals surface area contributed by atoms with Crippen molar-refractivity contribution >= 4 is 37.8 Å². The molecule has 6 heteroatoms. The molecule has 1 N–H and O–H groups in total. The molecule has 0 bridgehead atoms. The molecular formula is C9H6Br2O4. The van der Waals surface area contributed by atoms with Crippen molar-refractivity contribution < 1.29 is 14.6 Å². The van der Waals surface area contributed by atoms with Gasteiger partial charge >= 0.3 is 5.97 Å². The molecule has 0 heterocycles. The number of esters is 1. The van der Waals surface area contributed by atoms with E-state index < -0.39 is 17.1 Å². The monoisotopic (exact) mass is 336 g/mol. The van der Waals surface area contributed by atoms with E-state index in [9.17, 15) is 14.7 Å². The Bertz CT molecular complexity index is 470. The number of rotatable bonds is 1. The Morgan fingerprint density at radius 3 is 2.53 bits per heavy atom. The maximum Gasteiger partial charge on any atom is 0.308 e. The average molecular weight is 338 g/mol. The van der Waals surface area contributed by atoms with Crippen LogP contribution in [0.25, 0.3) is 0 Å².